The first kappa shape index (κ1) is 10.2. The Morgan fingerprint density at radius 2 is 1.94 bits per heavy atom. The van der Waals surface area contributed by atoms with E-state index in [4.69, 9.17) is 0 Å². The van der Waals surface area contributed by atoms with Crippen molar-refractivity contribution >= 4 is 21.6 Å². The lowest BCUT2D eigenvalue weighted by molar-refractivity contribution is 0.476. The normalized spacial score (nSPS) is 10.9. The minimum absolute atomic E-state index is 0.196. The standard InChI is InChI=1S/C13H8FNOS/c14-10-4-2-1-3-9(10)13-15-11-6-5-8(16)7-12(11)17-13/h1-7,16H. The molecule has 2 nitrogen and oxygen atoms in total. The predicted molar refractivity (Wildman–Crippen MR) is 66.7 cm³/mol. The highest BCUT2D eigenvalue weighted by Gasteiger charge is 2.10. The van der Waals surface area contributed by atoms with Crippen LogP contribution < -0.4 is 0 Å². The fourth-order valence-corrected chi connectivity index (χ4v) is 2.69. The van der Waals surface area contributed by atoms with Gasteiger partial charge in [0.15, 0.2) is 0 Å². The van der Waals surface area contributed by atoms with Crippen molar-refractivity contribution in [1.29, 1.82) is 0 Å². The molecule has 84 valence electrons. The quantitative estimate of drug-likeness (QED) is 0.707. The van der Waals surface area contributed by atoms with Gasteiger partial charge in [-0.1, -0.05) is 12.1 Å². The summed E-state index contributed by atoms with van der Waals surface area (Å²) in [6.45, 7) is 0. The molecule has 0 bridgehead atoms. The number of fused-ring (bicyclic) bond motifs is 1. The van der Waals surface area contributed by atoms with Crippen LogP contribution in [0.15, 0.2) is 42.5 Å². The van der Waals surface area contributed by atoms with Gasteiger partial charge in [-0.25, -0.2) is 9.37 Å². The molecule has 0 saturated heterocycles. The number of phenolic OH excluding ortho intramolecular Hbond substituents is 1. The molecule has 17 heavy (non-hydrogen) atoms. The third kappa shape index (κ3) is 1.76. The summed E-state index contributed by atoms with van der Waals surface area (Å²) < 4.78 is 14.5. The number of rotatable bonds is 1. The van der Waals surface area contributed by atoms with Gasteiger partial charge in [0.25, 0.3) is 0 Å². The summed E-state index contributed by atoms with van der Waals surface area (Å²) in [6.07, 6.45) is 0. The Morgan fingerprint density at radius 1 is 1.12 bits per heavy atom. The largest absolute Gasteiger partial charge is 0.508 e. The second kappa shape index (κ2) is 3.82. The zero-order valence-corrected chi connectivity index (χ0v) is 9.54. The Kier molecular flexibility index (Phi) is 2.30. The van der Waals surface area contributed by atoms with Crippen LogP contribution in [0.3, 0.4) is 0 Å². The van der Waals surface area contributed by atoms with Crippen LogP contribution in [0.25, 0.3) is 20.8 Å². The van der Waals surface area contributed by atoms with Crippen molar-refractivity contribution in [3.8, 4) is 16.3 Å². The van der Waals surface area contributed by atoms with Crippen LogP contribution in [0.5, 0.6) is 5.75 Å². The molecule has 3 aromatic rings. The van der Waals surface area contributed by atoms with Crippen molar-refractivity contribution < 1.29 is 9.50 Å². The number of hydrogen-bond acceptors (Lipinski definition) is 3. The van der Waals surface area contributed by atoms with E-state index >= 15 is 0 Å². The molecule has 1 aromatic heterocycles. The van der Waals surface area contributed by atoms with Crippen molar-refractivity contribution in [3.63, 3.8) is 0 Å². The lowest BCUT2D eigenvalue weighted by Crippen LogP contribution is -1.81. The van der Waals surface area contributed by atoms with E-state index in [2.05, 4.69) is 4.98 Å². The van der Waals surface area contributed by atoms with E-state index in [1.807, 2.05) is 0 Å². The lowest BCUT2D eigenvalue weighted by Gasteiger charge is -1.96. The van der Waals surface area contributed by atoms with Crippen LogP contribution in [-0.2, 0) is 0 Å². The third-order valence-electron chi connectivity index (χ3n) is 2.48. The third-order valence-corrected chi connectivity index (χ3v) is 3.53. The summed E-state index contributed by atoms with van der Waals surface area (Å²) in [5.41, 5.74) is 1.26. The van der Waals surface area contributed by atoms with E-state index in [9.17, 15) is 9.50 Å². The smallest absolute Gasteiger partial charge is 0.133 e. The van der Waals surface area contributed by atoms with E-state index < -0.39 is 0 Å². The van der Waals surface area contributed by atoms with E-state index in [-0.39, 0.29) is 11.6 Å². The molecular weight excluding hydrogens is 237 g/mol. The molecule has 0 spiro atoms. The molecule has 4 heteroatoms. The summed E-state index contributed by atoms with van der Waals surface area (Å²) in [5.74, 6) is -0.0861. The number of aromatic nitrogens is 1. The number of aromatic hydroxyl groups is 1. The van der Waals surface area contributed by atoms with Crippen molar-refractivity contribution in [2.75, 3.05) is 0 Å². The number of halogens is 1. The average molecular weight is 245 g/mol. The maximum Gasteiger partial charge on any atom is 0.133 e. The SMILES string of the molecule is Oc1ccc2nc(-c3ccccc3F)sc2c1. The van der Waals surface area contributed by atoms with Crippen LogP contribution in [0.4, 0.5) is 4.39 Å². The van der Waals surface area contributed by atoms with Crippen molar-refractivity contribution in [1.82, 2.24) is 4.98 Å². The van der Waals surface area contributed by atoms with Gasteiger partial charge in [-0.2, -0.15) is 0 Å². The first-order valence-electron chi connectivity index (χ1n) is 5.08. The Hall–Kier alpha value is -1.94. The molecule has 0 atom stereocenters. The molecule has 0 fully saturated rings. The highest BCUT2D eigenvalue weighted by molar-refractivity contribution is 7.21. The highest BCUT2D eigenvalue weighted by Crippen LogP contribution is 2.32. The van der Waals surface area contributed by atoms with Crippen molar-refractivity contribution in [2.24, 2.45) is 0 Å². The van der Waals surface area contributed by atoms with Crippen LogP contribution in [0.1, 0.15) is 0 Å². The monoisotopic (exact) mass is 245 g/mol. The van der Waals surface area contributed by atoms with Crippen LogP contribution in [0.2, 0.25) is 0 Å². The lowest BCUT2D eigenvalue weighted by atomic mass is 10.2. The van der Waals surface area contributed by atoms with Gasteiger partial charge in [0.1, 0.15) is 16.6 Å². The van der Waals surface area contributed by atoms with Crippen molar-refractivity contribution in [3.05, 3.63) is 48.3 Å². The minimum atomic E-state index is -0.282. The van der Waals surface area contributed by atoms with Gasteiger partial charge in [-0.15, -0.1) is 11.3 Å². The number of nitrogens with zero attached hydrogens (tertiary/aromatic N) is 1. The Balaban J connectivity index is 2.22. The summed E-state index contributed by atoms with van der Waals surface area (Å²) in [6, 6.07) is 11.5. The summed E-state index contributed by atoms with van der Waals surface area (Å²) >= 11 is 1.37. The zero-order valence-electron chi connectivity index (χ0n) is 8.72. The van der Waals surface area contributed by atoms with Gasteiger partial charge < -0.3 is 5.11 Å². The molecule has 0 amide bonds. The van der Waals surface area contributed by atoms with Gasteiger partial charge in [0, 0.05) is 5.56 Å². The van der Waals surface area contributed by atoms with Crippen LogP contribution in [0, 0.1) is 5.82 Å². The molecule has 0 aliphatic rings. The van der Waals surface area contributed by atoms with E-state index in [0.717, 1.165) is 10.2 Å². The molecule has 0 radical (unpaired) electrons. The fourth-order valence-electron chi connectivity index (χ4n) is 1.66. The second-order valence-corrected chi connectivity index (χ2v) is 4.68. The Labute approximate surface area is 101 Å². The van der Waals surface area contributed by atoms with Gasteiger partial charge in [0.05, 0.1) is 10.2 Å². The number of phenols is 1. The van der Waals surface area contributed by atoms with E-state index in [1.165, 1.54) is 17.4 Å². The van der Waals surface area contributed by atoms with E-state index in [1.54, 1.807) is 36.4 Å². The fraction of sp³-hybridized carbons (Fsp3) is 0. The zero-order chi connectivity index (χ0) is 11.8. The highest BCUT2D eigenvalue weighted by atomic mass is 32.1. The molecule has 1 heterocycles. The number of benzene rings is 2. The summed E-state index contributed by atoms with van der Waals surface area (Å²) in [4.78, 5) is 4.35. The van der Waals surface area contributed by atoms with Crippen LogP contribution in [-0.4, -0.2) is 10.1 Å². The van der Waals surface area contributed by atoms with Crippen LogP contribution >= 0.6 is 11.3 Å². The minimum Gasteiger partial charge on any atom is -0.508 e. The molecule has 0 aliphatic carbocycles. The summed E-state index contributed by atoms with van der Waals surface area (Å²) in [5, 5.41) is 10.00. The second-order valence-electron chi connectivity index (χ2n) is 3.65. The molecule has 0 unspecified atom stereocenters. The number of thiazole rings is 1. The van der Waals surface area contributed by atoms with Gasteiger partial charge in [-0.3, -0.25) is 0 Å². The maximum absolute atomic E-state index is 13.6. The molecule has 2 aromatic carbocycles. The topological polar surface area (TPSA) is 33.1 Å². The predicted octanol–water partition coefficient (Wildman–Crippen LogP) is 3.81. The molecule has 1 N–H and O–H groups in total. The van der Waals surface area contributed by atoms with Gasteiger partial charge in [-0.05, 0) is 30.3 Å². The average Bonchev–Trinajstić information content (AvgIpc) is 2.72. The first-order chi connectivity index (χ1) is 8.24. The first-order valence-corrected chi connectivity index (χ1v) is 5.90. The maximum atomic E-state index is 13.6. The molecule has 3 rings (SSSR count). The molecular formula is C13H8FNOS. The Morgan fingerprint density at radius 3 is 2.76 bits per heavy atom. The number of hydrogen-bond donors (Lipinski definition) is 1. The Bertz CT molecular complexity index is 693. The van der Waals surface area contributed by atoms with E-state index in [0.29, 0.717) is 10.6 Å². The van der Waals surface area contributed by atoms with Crippen molar-refractivity contribution in [2.45, 2.75) is 0 Å². The van der Waals surface area contributed by atoms with Gasteiger partial charge in [0.2, 0.25) is 0 Å². The molecule has 0 aliphatic heterocycles. The summed E-state index contributed by atoms with van der Waals surface area (Å²) in [7, 11) is 0. The molecule has 0 saturated carbocycles. The van der Waals surface area contributed by atoms with Gasteiger partial charge >= 0.3 is 0 Å².